The first-order valence-corrected chi connectivity index (χ1v) is 7.93. The van der Waals surface area contributed by atoms with E-state index in [1.165, 1.54) is 17.7 Å². The molecule has 0 aliphatic carbocycles. The van der Waals surface area contributed by atoms with Crippen LogP contribution in [-0.2, 0) is 11.8 Å². The number of rotatable bonds is 5. The van der Waals surface area contributed by atoms with Gasteiger partial charge in [0.15, 0.2) is 0 Å². The predicted molar refractivity (Wildman–Crippen MR) is 90.4 cm³/mol. The standard InChI is InChI=1S/C19H33N/c1-8-20(15-18(2,3)4)14-13-16-9-11-17(12-10-16)19(5,6)7/h9-12H,8,13-15H2,1-7H3. The van der Waals surface area contributed by atoms with E-state index in [4.69, 9.17) is 0 Å². The monoisotopic (exact) mass is 275 g/mol. The molecule has 0 fully saturated rings. The van der Waals surface area contributed by atoms with Gasteiger partial charge in [-0.1, -0.05) is 72.7 Å². The van der Waals surface area contributed by atoms with Gasteiger partial charge in [0.25, 0.3) is 0 Å². The highest BCUT2D eigenvalue weighted by molar-refractivity contribution is 5.27. The van der Waals surface area contributed by atoms with Crippen molar-refractivity contribution in [3.63, 3.8) is 0 Å². The van der Waals surface area contributed by atoms with Gasteiger partial charge in [0, 0.05) is 13.1 Å². The van der Waals surface area contributed by atoms with Gasteiger partial charge in [-0.15, -0.1) is 0 Å². The molecular weight excluding hydrogens is 242 g/mol. The van der Waals surface area contributed by atoms with Gasteiger partial charge in [0.1, 0.15) is 0 Å². The van der Waals surface area contributed by atoms with Crippen molar-refractivity contribution in [2.75, 3.05) is 19.6 Å². The lowest BCUT2D eigenvalue weighted by Gasteiger charge is -2.29. The number of hydrogen-bond donors (Lipinski definition) is 0. The van der Waals surface area contributed by atoms with Gasteiger partial charge in [-0.25, -0.2) is 0 Å². The third kappa shape index (κ3) is 6.09. The van der Waals surface area contributed by atoms with Crippen LogP contribution in [0.3, 0.4) is 0 Å². The minimum atomic E-state index is 0.250. The largest absolute Gasteiger partial charge is 0.303 e. The van der Waals surface area contributed by atoms with E-state index in [0.717, 1.165) is 19.5 Å². The van der Waals surface area contributed by atoms with Crippen molar-refractivity contribution in [2.24, 2.45) is 5.41 Å². The fraction of sp³-hybridized carbons (Fsp3) is 0.684. The summed E-state index contributed by atoms with van der Waals surface area (Å²) in [6.07, 6.45) is 1.15. The topological polar surface area (TPSA) is 3.24 Å². The van der Waals surface area contributed by atoms with Crippen LogP contribution in [0.15, 0.2) is 24.3 Å². The molecule has 1 nitrogen and oxygen atoms in total. The van der Waals surface area contributed by atoms with E-state index in [0.29, 0.717) is 5.41 Å². The highest BCUT2D eigenvalue weighted by Crippen LogP contribution is 2.22. The molecular formula is C19H33N. The Kier molecular flexibility index (Phi) is 5.82. The molecule has 1 aromatic rings. The molecule has 1 heteroatoms. The van der Waals surface area contributed by atoms with Crippen molar-refractivity contribution in [3.8, 4) is 0 Å². The van der Waals surface area contributed by atoms with E-state index < -0.39 is 0 Å². The molecule has 0 heterocycles. The van der Waals surface area contributed by atoms with Gasteiger partial charge in [-0.3, -0.25) is 0 Å². The molecule has 0 spiro atoms. The van der Waals surface area contributed by atoms with E-state index in [9.17, 15) is 0 Å². The smallest absolute Gasteiger partial charge is 0.00301 e. The third-order valence-corrected chi connectivity index (χ3v) is 3.68. The van der Waals surface area contributed by atoms with Crippen LogP contribution in [0.1, 0.15) is 59.6 Å². The zero-order valence-electron chi connectivity index (χ0n) is 14.6. The summed E-state index contributed by atoms with van der Waals surface area (Å²) in [7, 11) is 0. The first-order valence-electron chi connectivity index (χ1n) is 7.93. The lowest BCUT2D eigenvalue weighted by atomic mass is 9.86. The molecule has 0 bridgehead atoms. The van der Waals surface area contributed by atoms with E-state index in [1.807, 2.05) is 0 Å². The summed E-state index contributed by atoms with van der Waals surface area (Å²) < 4.78 is 0. The SMILES string of the molecule is CCN(CCc1ccc(C(C)(C)C)cc1)CC(C)(C)C. The van der Waals surface area contributed by atoms with Gasteiger partial charge in [0.05, 0.1) is 0 Å². The molecule has 0 saturated heterocycles. The summed E-state index contributed by atoms with van der Waals surface area (Å²) in [5, 5.41) is 0. The Bertz CT molecular complexity index is 389. The molecule has 0 aliphatic rings. The lowest BCUT2D eigenvalue weighted by molar-refractivity contribution is 0.201. The lowest BCUT2D eigenvalue weighted by Crippen LogP contribution is -2.34. The summed E-state index contributed by atoms with van der Waals surface area (Å²) in [5.74, 6) is 0. The van der Waals surface area contributed by atoms with E-state index in [-0.39, 0.29) is 5.41 Å². The minimum Gasteiger partial charge on any atom is -0.303 e. The third-order valence-electron chi connectivity index (χ3n) is 3.68. The second-order valence-electron chi connectivity index (χ2n) is 8.13. The van der Waals surface area contributed by atoms with E-state index in [1.54, 1.807) is 0 Å². The number of hydrogen-bond acceptors (Lipinski definition) is 1. The van der Waals surface area contributed by atoms with Crippen molar-refractivity contribution >= 4 is 0 Å². The second kappa shape index (κ2) is 6.76. The maximum absolute atomic E-state index is 2.55. The summed E-state index contributed by atoms with van der Waals surface area (Å²) in [4.78, 5) is 2.55. The molecule has 1 rings (SSSR count). The van der Waals surface area contributed by atoms with E-state index in [2.05, 4.69) is 77.6 Å². The summed E-state index contributed by atoms with van der Waals surface area (Å²) in [5.41, 5.74) is 3.50. The van der Waals surface area contributed by atoms with Gasteiger partial charge in [-0.05, 0) is 34.9 Å². The molecule has 0 aromatic heterocycles. The van der Waals surface area contributed by atoms with Crippen molar-refractivity contribution in [1.29, 1.82) is 0 Å². The van der Waals surface area contributed by atoms with Crippen LogP contribution >= 0.6 is 0 Å². The van der Waals surface area contributed by atoms with E-state index >= 15 is 0 Å². The van der Waals surface area contributed by atoms with Crippen LogP contribution in [0.4, 0.5) is 0 Å². The second-order valence-corrected chi connectivity index (χ2v) is 8.13. The van der Waals surface area contributed by atoms with Crippen LogP contribution < -0.4 is 0 Å². The number of nitrogens with zero attached hydrogens (tertiary/aromatic N) is 1. The van der Waals surface area contributed by atoms with Crippen molar-refractivity contribution in [1.82, 2.24) is 4.90 Å². The Morgan fingerprint density at radius 1 is 0.900 bits per heavy atom. The van der Waals surface area contributed by atoms with Crippen LogP contribution in [0.25, 0.3) is 0 Å². The van der Waals surface area contributed by atoms with Gasteiger partial charge in [0.2, 0.25) is 0 Å². The zero-order chi connectivity index (χ0) is 15.4. The molecule has 114 valence electrons. The first-order chi connectivity index (χ1) is 9.12. The summed E-state index contributed by atoms with van der Waals surface area (Å²) >= 11 is 0. The molecule has 0 radical (unpaired) electrons. The molecule has 0 N–H and O–H groups in total. The molecule has 0 unspecified atom stereocenters. The average molecular weight is 275 g/mol. The predicted octanol–water partition coefficient (Wildman–Crippen LogP) is 4.89. The van der Waals surface area contributed by atoms with Crippen molar-refractivity contribution in [3.05, 3.63) is 35.4 Å². The highest BCUT2D eigenvalue weighted by Gasteiger charge is 2.15. The van der Waals surface area contributed by atoms with Crippen molar-refractivity contribution in [2.45, 2.75) is 60.3 Å². The maximum Gasteiger partial charge on any atom is 0.00301 e. The maximum atomic E-state index is 2.55. The molecule has 0 amide bonds. The molecule has 1 aromatic carbocycles. The Hall–Kier alpha value is -0.820. The molecule has 20 heavy (non-hydrogen) atoms. The molecule has 0 aliphatic heterocycles. The Morgan fingerprint density at radius 3 is 1.85 bits per heavy atom. The quantitative estimate of drug-likeness (QED) is 0.739. The molecule has 0 saturated carbocycles. The Balaban J connectivity index is 2.57. The molecule has 0 atom stereocenters. The van der Waals surface area contributed by atoms with Gasteiger partial charge < -0.3 is 4.90 Å². The number of likely N-dealkylation sites (N-methyl/N-ethyl adjacent to an activating group) is 1. The van der Waals surface area contributed by atoms with Crippen LogP contribution in [0.5, 0.6) is 0 Å². The van der Waals surface area contributed by atoms with Crippen LogP contribution in [0.2, 0.25) is 0 Å². The van der Waals surface area contributed by atoms with Crippen LogP contribution in [0, 0.1) is 5.41 Å². The minimum absolute atomic E-state index is 0.250. The van der Waals surface area contributed by atoms with Crippen molar-refractivity contribution < 1.29 is 0 Å². The fourth-order valence-electron chi connectivity index (χ4n) is 2.48. The Labute approximate surface area is 126 Å². The summed E-state index contributed by atoms with van der Waals surface area (Å²) in [6, 6.07) is 9.17. The zero-order valence-corrected chi connectivity index (χ0v) is 14.6. The number of benzene rings is 1. The summed E-state index contributed by atoms with van der Waals surface area (Å²) in [6.45, 7) is 19.5. The first kappa shape index (κ1) is 17.2. The Morgan fingerprint density at radius 2 is 1.45 bits per heavy atom. The van der Waals surface area contributed by atoms with Gasteiger partial charge >= 0.3 is 0 Å². The average Bonchev–Trinajstić information content (AvgIpc) is 2.32. The fourth-order valence-corrected chi connectivity index (χ4v) is 2.48. The van der Waals surface area contributed by atoms with Gasteiger partial charge in [-0.2, -0.15) is 0 Å². The highest BCUT2D eigenvalue weighted by atomic mass is 15.1. The normalized spacial score (nSPS) is 13.0. The van der Waals surface area contributed by atoms with Crippen LogP contribution in [-0.4, -0.2) is 24.5 Å².